The van der Waals surface area contributed by atoms with E-state index in [0.717, 1.165) is 27.6 Å². The van der Waals surface area contributed by atoms with E-state index in [0.29, 0.717) is 17.2 Å². The van der Waals surface area contributed by atoms with Crippen LogP contribution in [0.1, 0.15) is 19.4 Å². The van der Waals surface area contributed by atoms with Gasteiger partial charge in [-0.15, -0.1) is 0 Å². The largest absolute Gasteiger partial charge is 0.495 e. The first-order chi connectivity index (χ1) is 11.0. The molecule has 5 heteroatoms. The maximum Gasteiger partial charge on any atom is 0.230 e. The standard InChI is InChI=1S/C18H17NO4/c1-18(2)7-5-10-14-12(9-13(20-3)15(10)23-18)19-17-11(6-8-22-17)16(14)21-4/h5-9H,1-4H3. The summed E-state index contributed by atoms with van der Waals surface area (Å²) in [4.78, 5) is 4.58. The van der Waals surface area contributed by atoms with Gasteiger partial charge in [0.1, 0.15) is 11.4 Å². The van der Waals surface area contributed by atoms with Crippen LogP contribution in [0, 0.1) is 0 Å². The van der Waals surface area contributed by atoms with Crippen molar-refractivity contribution in [1.29, 1.82) is 0 Å². The van der Waals surface area contributed by atoms with E-state index in [1.807, 2.05) is 38.1 Å². The van der Waals surface area contributed by atoms with Crippen molar-refractivity contribution in [3.8, 4) is 17.2 Å². The third kappa shape index (κ3) is 1.96. The molecule has 0 saturated carbocycles. The third-order valence-electron chi connectivity index (χ3n) is 4.04. The van der Waals surface area contributed by atoms with E-state index < -0.39 is 5.60 Å². The average Bonchev–Trinajstić information content (AvgIpc) is 2.98. The Balaban J connectivity index is 2.17. The molecule has 0 atom stereocenters. The molecule has 0 bridgehead atoms. The van der Waals surface area contributed by atoms with Gasteiger partial charge in [0.15, 0.2) is 11.5 Å². The van der Waals surface area contributed by atoms with Gasteiger partial charge < -0.3 is 18.6 Å². The number of furan rings is 1. The molecule has 118 valence electrons. The molecule has 0 fully saturated rings. The SMILES string of the molecule is COc1cc2nc3occc3c(OC)c2c2c1OC(C)(C)C=C2. The Kier molecular flexibility index (Phi) is 2.82. The summed E-state index contributed by atoms with van der Waals surface area (Å²) in [7, 11) is 3.27. The number of methoxy groups -OCH3 is 2. The first kappa shape index (κ1) is 13.9. The van der Waals surface area contributed by atoms with Crippen LogP contribution in [-0.2, 0) is 0 Å². The molecular weight excluding hydrogens is 294 g/mol. The summed E-state index contributed by atoms with van der Waals surface area (Å²) in [6.45, 7) is 4.01. The lowest BCUT2D eigenvalue weighted by Crippen LogP contribution is -2.27. The van der Waals surface area contributed by atoms with Crippen LogP contribution in [0.2, 0.25) is 0 Å². The third-order valence-corrected chi connectivity index (χ3v) is 4.04. The lowest BCUT2D eigenvalue weighted by Gasteiger charge is -2.29. The minimum absolute atomic E-state index is 0.394. The van der Waals surface area contributed by atoms with E-state index >= 15 is 0 Å². The molecule has 0 spiro atoms. The van der Waals surface area contributed by atoms with Crippen molar-refractivity contribution in [3.63, 3.8) is 0 Å². The number of ether oxygens (including phenoxy) is 3. The molecular formula is C18H17NO4. The van der Waals surface area contributed by atoms with E-state index in [1.54, 1.807) is 20.5 Å². The average molecular weight is 311 g/mol. The maximum atomic E-state index is 6.12. The Bertz CT molecular complexity index is 953. The highest BCUT2D eigenvalue weighted by molar-refractivity contribution is 6.05. The van der Waals surface area contributed by atoms with Crippen LogP contribution in [0.15, 0.2) is 28.9 Å². The number of fused-ring (bicyclic) bond motifs is 4. The van der Waals surface area contributed by atoms with Crippen LogP contribution >= 0.6 is 0 Å². The summed E-state index contributed by atoms with van der Waals surface area (Å²) in [6, 6.07) is 3.71. The Hall–Kier alpha value is -2.69. The van der Waals surface area contributed by atoms with Crippen LogP contribution in [0.5, 0.6) is 17.2 Å². The fraction of sp³-hybridized carbons (Fsp3) is 0.278. The van der Waals surface area contributed by atoms with E-state index in [9.17, 15) is 0 Å². The van der Waals surface area contributed by atoms with Crippen molar-refractivity contribution < 1.29 is 18.6 Å². The van der Waals surface area contributed by atoms with Crippen molar-refractivity contribution in [2.45, 2.75) is 19.4 Å². The van der Waals surface area contributed by atoms with Gasteiger partial charge in [-0.05, 0) is 26.0 Å². The van der Waals surface area contributed by atoms with Gasteiger partial charge in [-0.3, -0.25) is 0 Å². The molecule has 0 unspecified atom stereocenters. The molecule has 23 heavy (non-hydrogen) atoms. The summed E-state index contributed by atoms with van der Waals surface area (Å²) >= 11 is 0. The van der Waals surface area contributed by atoms with E-state index in [2.05, 4.69) is 4.98 Å². The lowest BCUT2D eigenvalue weighted by atomic mass is 9.97. The summed E-state index contributed by atoms with van der Waals surface area (Å²) < 4.78 is 22.7. The van der Waals surface area contributed by atoms with Crippen molar-refractivity contribution >= 4 is 28.1 Å². The second-order valence-electron chi connectivity index (χ2n) is 6.04. The smallest absolute Gasteiger partial charge is 0.230 e. The van der Waals surface area contributed by atoms with Crippen LogP contribution in [0.25, 0.3) is 28.1 Å². The first-order valence-corrected chi connectivity index (χ1v) is 7.38. The molecule has 0 N–H and O–H groups in total. The Morgan fingerprint density at radius 3 is 2.74 bits per heavy atom. The van der Waals surface area contributed by atoms with Crippen LogP contribution in [-0.4, -0.2) is 24.8 Å². The van der Waals surface area contributed by atoms with Gasteiger partial charge >= 0.3 is 0 Å². The second kappa shape index (κ2) is 4.65. The number of hydrogen-bond acceptors (Lipinski definition) is 5. The molecule has 1 aliphatic rings. The predicted octanol–water partition coefficient (Wildman–Crippen LogP) is 4.18. The number of aromatic nitrogens is 1. The summed E-state index contributed by atoms with van der Waals surface area (Å²) in [6.07, 6.45) is 5.67. The fourth-order valence-corrected chi connectivity index (χ4v) is 2.99. The molecule has 0 radical (unpaired) electrons. The van der Waals surface area contributed by atoms with Crippen LogP contribution < -0.4 is 14.2 Å². The van der Waals surface area contributed by atoms with Gasteiger partial charge in [-0.25, -0.2) is 4.98 Å². The predicted molar refractivity (Wildman–Crippen MR) is 88.4 cm³/mol. The Morgan fingerprint density at radius 1 is 1.17 bits per heavy atom. The quantitative estimate of drug-likeness (QED) is 0.710. The lowest BCUT2D eigenvalue weighted by molar-refractivity contribution is 0.152. The summed E-state index contributed by atoms with van der Waals surface area (Å²) in [5.74, 6) is 2.08. The number of benzene rings is 1. The Morgan fingerprint density at radius 2 is 2.00 bits per heavy atom. The maximum absolute atomic E-state index is 6.12. The van der Waals surface area contributed by atoms with Gasteiger partial charge in [0.25, 0.3) is 0 Å². The normalized spacial score (nSPS) is 15.5. The van der Waals surface area contributed by atoms with Crippen molar-refractivity contribution in [2.24, 2.45) is 0 Å². The van der Waals surface area contributed by atoms with Crippen molar-refractivity contribution in [1.82, 2.24) is 4.98 Å². The zero-order chi connectivity index (χ0) is 16.2. The van der Waals surface area contributed by atoms with Crippen molar-refractivity contribution in [3.05, 3.63) is 30.0 Å². The van der Waals surface area contributed by atoms with Crippen LogP contribution in [0.4, 0.5) is 0 Å². The van der Waals surface area contributed by atoms with E-state index in [-0.39, 0.29) is 0 Å². The molecule has 3 aromatic rings. The van der Waals surface area contributed by atoms with Gasteiger partial charge in [0, 0.05) is 11.6 Å². The molecule has 2 aromatic heterocycles. The second-order valence-corrected chi connectivity index (χ2v) is 6.04. The molecule has 0 aliphatic carbocycles. The molecule has 1 aromatic carbocycles. The number of nitrogens with zero attached hydrogens (tertiary/aromatic N) is 1. The zero-order valence-corrected chi connectivity index (χ0v) is 13.5. The van der Waals surface area contributed by atoms with E-state index in [1.165, 1.54) is 0 Å². The van der Waals surface area contributed by atoms with Crippen LogP contribution in [0.3, 0.4) is 0 Å². The zero-order valence-electron chi connectivity index (χ0n) is 13.5. The van der Waals surface area contributed by atoms with Gasteiger partial charge in [0.2, 0.25) is 5.71 Å². The fourth-order valence-electron chi connectivity index (χ4n) is 2.99. The van der Waals surface area contributed by atoms with Crippen molar-refractivity contribution in [2.75, 3.05) is 14.2 Å². The highest BCUT2D eigenvalue weighted by Crippen LogP contribution is 2.47. The van der Waals surface area contributed by atoms with Gasteiger partial charge in [-0.2, -0.15) is 0 Å². The summed E-state index contributed by atoms with van der Waals surface area (Å²) in [5.41, 5.74) is 1.80. The van der Waals surface area contributed by atoms with Gasteiger partial charge in [0.05, 0.1) is 36.8 Å². The number of hydrogen-bond donors (Lipinski definition) is 0. The van der Waals surface area contributed by atoms with Gasteiger partial charge in [-0.1, -0.05) is 6.08 Å². The first-order valence-electron chi connectivity index (χ1n) is 7.38. The highest BCUT2D eigenvalue weighted by atomic mass is 16.5. The number of pyridine rings is 1. The molecule has 0 saturated heterocycles. The molecule has 3 heterocycles. The molecule has 0 amide bonds. The summed E-state index contributed by atoms with van der Waals surface area (Å²) in [5, 5.41) is 1.73. The molecule has 5 nitrogen and oxygen atoms in total. The van der Waals surface area contributed by atoms with E-state index in [4.69, 9.17) is 18.6 Å². The minimum atomic E-state index is -0.394. The number of rotatable bonds is 2. The molecule has 4 rings (SSSR count). The Labute approximate surface area is 133 Å². The monoisotopic (exact) mass is 311 g/mol. The molecule has 1 aliphatic heterocycles. The highest BCUT2D eigenvalue weighted by Gasteiger charge is 2.28. The topological polar surface area (TPSA) is 53.7 Å². The minimum Gasteiger partial charge on any atom is -0.495 e.